The van der Waals surface area contributed by atoms with E-state index in [2.05, 4.69) is 29.6 Å². The second-order valence-electron chi connectivity index (χ2n) is 3.56. The third kappa shape index (κ3) is 4.14. The molecule has 1 N–H and O–H groups in total. The van der Waals surface area contributed by atoms with Crippen molar-refractivity contribution in [3.8, 4) is 0 Å². The Morgan fingerprint density at radius 1 is 1.21 bits per heavy atom. The molecule has 82 valence electrons. The van der Waals surface area contributed by atoms with E-state index in [9.17, 15) is 0 Å². The highest BCUT2D eigenvalue weighted by Gasteiger charge is 2.07. The predicted octanol–water partition coefficient (Wildman–Crippen LogP) is -0.551. The number of nitrogens with zero attached hydrogens (tertiary/aromatic N) is 1. The molecule has 1 aromatic heterocycles. The molecule has 0 spiro atoms. The molecular formula is C11H21ClN2. The van der Waals surface area contributed by atoms with Crippen molar-refractivity contribution in [1.82, 2.24) is 4.98 Å². The Morgan fingerprint density at radius 3 is 2.57 bits per heavy atom. The van der Waals surface area contributed by atoms with E-state index in [4.69, 9.17) is 0 Å². The summed E-state index contributed by atoms with van der Waals surface area (Å²) in [5.41, 5.74) is 0. The van der Waals surface area contributed by atoms with Crippen molar-refractivity contribution in [2.24, 2.45) is 0 Å². The number of halogens is 1. The highest BCUT2D eigenvalue weighted by molar-refractivity contribution is 4.76. The van der Waals surface area contributed by atoms with Gasteiger partial charge in [-0.2, -0.15) is 0 Å². The molecule has 0 radical (unpaired) electrons. The summed E-state index contributed by atoms with van der Waals surface area (Å²) in [4.78, 5) is 3.31. The van der Waals surface area contributed by atoms with Crippen LogP contribution in [-0.4, -0.2) is 4.98 Å². The Hall–Kier alpha value is -0.500. The first-order chi connectivity index (χ1) is 6.38. The number of rotatable bonds is 6. The van der Waals surface area contributed by atoms with Gasteiger partial charge in [-0.15, -0.1) is 0 Å². The third-order valence-electron chi connectivity index (χ3n) is 2.37. The number of H-pyrrole nitrogens is 1. The van der Waals surface area contributed by atoms with E-state index in [1.165, 1.54) is 44.5 Å². The Bertz CT molecular complexity index is 210. The van der Waals surface area contributed by atoms with Crippen molar-refractivity contribution in [3.05, 3.63) is 18.2 Å². The van der Waals surface area contributed by atoms with Crippen LogP contribution in [0.15, 0.2) is 12.4 Å². The molecule has 0 saturated heterocycles. The summed E-state index contributed by atoms with van der Waals surface area (Å²) >= 11 is 0. The van der Waals surface area contributed by atoms with Crippen LogP contribution in [0.25, 0.3) is 0 Å². The van der Waals surface area contributed by atoms with Crippen molar-refractivity contribution in [3.63, 3.8) is 0 Å². The van der Waals surface area contributed by atoms with Crippen molar-refractivity contribution in [2.45, 2.75) is 52.5 Å². The molecular weight excluding hydrogens is 196 g/mol. The Balaban J connectivity index is 0.00000169. The number of aromatic nitrogens is 2. The molecule has 0 atom stereocenters. The van der Waals surface area contributed by atoms with Gasteiger partial charge in [0.05, 0.1) is 6.54 Å². The number of hydrogen-bond donors (Lipinski definition) is 1. The molecule has 3 heteroatoms. The van der Waals surface area contributed by atoms with Gasteiger partial charge in [-0.05, 0) is 12.8 Å². The lowest BCUT2D eigenvalue weighted by molar-refractivity contribution is -0.703. The van der Waals surface area contributed by atoms with Gasteiger partial charge in [0.25, 0.3) is 5.82 Å². The summed E-state index contributed by atoms with van der Waals surface area (Å²) in [5, 5.41) is 0. The van der Waals surface area contributed by atoms with E-state index in [0.717, 1.165) is 0 Å². The molecule has 0 aliphatic rings. The normalized spacial score (nSPS) is 9.86. The summed E-state index contributed by atoms with van der Waals surface area (Å²) in [5.74, 6) is 1.38. The molecule has 0 saturated carbocycles. The van der Waals surface area contributed by atoms with Crippen LogP contribution in [-0.2, 0) is 13.0 Å². The Kier molecular flexibility index (Phi) is 7.58. The molecule has 0 bridgehead atoms. The maximum absolute atomic E-state index is 3.31. The molecule has 1 heterocycles. The fourth-order valence-corrected chi connectivity index (χ4v) is 1.49. The number of aromatic amines is 1. The third-order valence-corrected chi connectivity index (χ3v) is 2.37. The molecule has 0 fully saturated rings. The lowest BCUT2D eigenvalue weighted by Crippen LogP contribution is -3.00. The Labute approximate surface area is 93.1 Å². The average Bonchev–Trinajstić information content (AvgIpc) is 2.59. The zero-order valence-corrected chi connectivity index (χ0v) is 9.98. The second kappa shape index (κ2) is 7.86. The topological polar surface area (TPSA) is 19.7 Å². The van der Waals surface area contributed by atoms with E-state index < -0.39 is 0 Å². The summed E-state index contributed by atoms with van der Waals surface area (Å²) in [6, 6.07) is 0. The highest BCUT2D eigenvalue weighted by Crippen LogP contribution is 1.97. The first-order valence-electron chi connectivity index (χ1n) is 5.44. The molecule has 14 heavy (non-hydrogen) atoms. The molecule has 0 aromatic carbocycles. The fourth-order valence-electron chi connectivity index (χ4n) is 1.49. The summed E-state index contributed by atoms with van der Waals surface area (Å²) in [6.07, 6.45) is 10.5. The smallest absolute Gasteiger partial charge is 0.254 e. The second-order valence-corrected chi connectivity index (χ2v) is 3.56. The lowest BCUT2D eigenvalue weighted by Gasteiger charge is -1.98. The molecule has 0 unspecified atom stereocenters. The largest absolute Gasteiger partial charge is 1.00 e. The first kappa shape index (κ1) is 13.5. The quantitative estimate of drug-likeness (QED) is 0.616. The zero-order valence-electron chi connectivity index (χ0n) is 9.22. The van der Waals surface area contributed by atoms with Crippen LogP contribution in [0.3, 0.4) is 0 Å². The van der Waals surface area contributed by atoms with Gasteiger partial charge in [-0.1, -0.05) is 26.7 Å². The number of imidazole rings is 1. The highest BCUT2D eigenvalue weighted by atomic mass is 35.5. The van der Waals surface area contributed by atoms with Crippen LogP contribution in [0.4, 0.5) is 0 Å². The summed E-state index contributed by atoms with van der Waals surface area (Å²) in [6.45, 7) is 5.64. The van der Waals surface area contributed by atoms with Gasteiger partial charge in [0, 0.05) is 6.42 Å². The SMILES string of the molecule is CCCCc1[nH]cc[n+]1CCCC.[Cl-]. The monoisotopic (exact) mass is 216 g/mol. The van der Waals surface area contributed by atoms with Gasteiger partial charge in [0.2, 0.25) is 0 Å². The number of unbranched alkanes of at least 4 members (excludes halogenated alkanes) is 2. The first-order valence-corrected chi connectivity index (χ1v) is 5.44. The standard InChI is InChI=1S/C11H20N2.ClH/c1-3-5-7-11-12-8-10-13(11)9-6-4-2;/h8,10H,3-7,9H2,1-2H3;1H. The van der Waals surface area contributed by atoms with E-state index in [1.54, 1.807) is 0 Å². The number of nitrogens with one attached hydrogen (secondary N) is 1. The van der Waals surface area contributed by atoms with E-state index in [1.807, 2.05) is 6.20 Å². The summed E-state index contributed by atoms with van der Waals surface area (Å²) < 4.78 is 2.35. The molecule has 1 rings (SSSR count). The molecule has 2 nitrogen and oxygen atoms in total. The van der Waals surface area contributed by atoms with Gasteiger partial charge in [-0.25, -0.2) is 9.55 Å². The van der Waals surface area contributed by atoms with Crippen molar-refractivity contribution in [1.29, 1.82) is 0 Å². The lowest BCUT2D eigenvalue weighted by atomic mass is 10.2. The zero-order chi connectivity index (χ0) is 9.52. The minimum Gasteiger partial charge on any atom is -1.00 e. The molecule has 0 amide bonds. The average molecular weight is 217 g/mol. The minimum atomic E-state index is 0. The van der Waals surface area contributed by atoms with E-state index in [-0.39, 0.29) is 12.4 Å². The maximum atomic E-state index is 3.31. The van der Waals surface area contributed by atoms with Gasteiger partial charge in [-0.3, -0.25) is 0 Å². The van der Waals surface area contributed by atoms with Gasteiger partial charge >= 0.3 is 0 Å². The Morgan fingerprint density at radius 2 is 1.93 bits per heavy atom. The van der Waals surface area contributed by atoms with Gasteiger partial charge < -0.3 is 12.4 Å². The van der Waals surface area contributed by atoms with Gasteiger partial charge in [0.1, 0.15) is 12.4 Å². The van der Waals surface area contributed by atoms with Crippen molar-refractivity contribution >= 4 is 0 Å². The molecule has 0 aliphatic carbocycles. The van der Waals surface area contributed by atoms with E-state index in [0.29, 0.717) is 0 Å². The molecule has 0 aliphatic heterocycles. The summed E-state index contributed by atoms with van der Waals surface area (Å²) in [7, 11) is 0. The van der Waals surface area contributed by atoms with Crippen LogP contribution in [0.1, 0.15) is 45.4 Å². The minimum absolute atomic E-state index is 0. The van der Waals surface area contributed by atoms with Crippen LogP contribution in [0, 0.1) is 0 Å². The number of hydrogen-bond acceptors (Lipinski definition) is 0. The predicted molar refractivity (Wildman–Crippen MR) is 54.5 cm³/mol. The van der Waals surface area contributed by atoms with Crippen LogP contribution in [0.2, 0.25) is 0 Å². The number of aryl methyl sites for hydroxylation is 2. The van der Waals surface area contributed by atoms with Crippen LogP contribution in [0.5, 0.6) is 0 Å². The molecule has 1 aromatic rings. The van der Waals surface area contributed by atoms with Crippen LogP contribution < -0.4 is 17.0 Å². The van der Waals surface area contributed by atoms with E-state index >= 15 is 0 Å². The maximum Gasteiger partial charge on any atom is 0.254 e. The van der Waals surface area contributed by atoms with Gasteiger partial charge in [0.15, 0.2) is 0 Å². The van der Waals surface area contributed by atoms with Crippen LogP contribution >= 0.6 is 0 Å². The van der Waals surface area contributed by atoms with Crippen molar-refractivity contribution in [2.75, 3.05) is 0 Å². The van der Waals surface area contributed by atoms with Crippen molar-refractivity contribution < 1.29 is 17.0 Å². The fraction of sp³-hybridized carbons (Fsp3) is 0.727.